The maximum absolute atomic E-state index is 14.0. The molecule has 3 aliphatic heterocycles. The number of benzene rings is 1. The number of fused-ring (bicyclic) bond motifs is 2. The van der Waals surface area contributed by atoms with Gasteiger partial charge in [-0.25, -0.2) is 4.98 Å². The Morgan fingerprint density at radius 1 is 1.14 bits per heavy atom. The van der Waals surface area contributed by atoms with Gasteiger partial charge >= 0.3 is 6.18 Å². The number of H-pyrrole nitrogens is 1. The Morgan fingerprint density at radius 3 is 2.67 bits per heavy atom. The van der Waals surface area contributed by atoms with Gasteiger partial charge in [-0.2, -0.15) is 13.2 Å². The predicted molar refractivity (Wildman–Crippen MR) is 153 cm³/mol. The molecule has 1 N–H and O–H groups in total. The zero-order valence-electron chi connectivity index (χ0n) is 24.4. The van der Waals surface area contributed by atoms with Gasteiger partial charge in [-0.3, -0.25) is 4.79 Å². The first-order valence-electron chi connectivity index (χ1n) is 15.0. The van der Waals surface area contributed by atoms with Crippen LogP contribution in [-0.2, 0) is 24.4 Å². The summed E-state index contributed by atoms with van der Waals surface area (Å²) >= 11 is 0. The fraction of sp³-hybridized carbons (Fsp3) is 0.500. The molecule has 2 bridgehead atoms. The minimum Gasteiger partial charge on any atom is -0.493 e. The van der Waals surface area contributed by atoms with E-state index in [2.05, 4.69) is 28.0 Å². The lowest BCUT2D eigenvalue weighted by molar-refractivity contribution is -0.137. The number of anilines is 1. The zero-order chi connectivity index (χ0) is 29.8. The number of piperidine rings is 1. The van der Waals surface area contributed by atoms with Crippen molar-refractivity contribution in [1.82, 2.24) is 19.8 Å². The van der Waals surface area contributed by atoms with Crippen LogP contribution in [0.5, 0.6) is 11.5 Å². The van der Waals surface area contributed by atoms with Gasteiger partial charge in [0, 0.05) is 49.4 Å². The van der Waals surface area contributed by atoms with E-state index in [1.165, 1.54) is 22.9 Å². The highest BCUT2D eigenvalue weighted by molar-refractivity contribution is 5.95. The summed E-state index contributed by atoms with van der Waals surface area (Å²) in [4.78, 5) is 27.8. The number of pyridine rings is 1. The lowest BCUT2D eigenvalue weighted by Crippen LogP contribution is -2.62. The third kappa shape index (κ3) is 3.66. The monoisotopic (exact) mass is 593 g/mol. The number of carbonyl (C=O) groups excluding carboxylic acids is 1. The second-order valence-electron chi connectivity index (χ2n) is 12.7. The Hall–Kier alpha value is -3.73. The van der Waals surface area contributed by atoms with E-state index >= 15 is 0 Å². The fourth-order valence-electron chi connectivity index (χ4n) is 8.72. The topological polar surface area (TPSA) is 73.9 Å². The van der Waals surface area contributed by atoms with Crippen LogP contribution in [0.2, 0.25) is 0 Å². The third-order valence-corrected chi connectivity index (χ3v) is 10.9. The molecular weight excluding hydrogens is 559 g/mol. The number of halogens is 3. The van der Waals surface area contributed by atoms with Crippen molar-refractivity contribution in [3.8, 4) is 11.5 Å². The first kappa shape index (κ1) is 26.9. The van der Waals surface area contributed by atoms with Crippen LogP contribution in [0.4, 0.5) is 19.0 Å². The Kier molecular flexibility index (Phi) is 5.71. The smallest absolute Gasteiger partial charge is 0.416 e. The van der Waals surface area contributed by atoms with Crippen molar-refractivity contribution < 1.29 is 27.4 Å². The SMILES string of the molecule is COc1ccc2c3c1O[C@H]1c4[nH]c(C(=O)N5CCN(c6cc(C(F)(F)F)ccn6)CC5)c(C)c4CC4[C@@H](C2)N(C)CC[C@@]341. The summed E-state index contributed by atoms with van der Waals surface area (Å²) in [7, 11) is 3.91. The number of ether oxygens (including phenoxy) is 2. The molecule has 0 saturated carbocycles. The van der Waals surface area contributed by atoms with E-state index in [0.717, 1.165) is 60.7 Å². The molecule has 226 valence electrons. The van der Waals surface area contributed by atoms with Gasteiger partial charge in [0.1, 0.15) is 17.6 Å². The van der Waals surface area contributed by atoms with Gasteiger partial charge < -0.3 is 29.2 Å². The molecule has 1 unspecified atom stereocenters. The van der Waals surface area contributed by atoms with Crippen LogP contribution in [0.25, 0.3) is 0 Å². The minimum absolute atomic E-state index is 0.0853. The summed E-state index contributed by atoms with van der Waals surface area (Å²) in [5.41, 5.74) is 5.48. The number of nitrogens with zero attached hydrogens (tertiary/aromatic N) is 4. The molecule has 5 heterocycles. The number of rotatable bonds is 3. The van der Waals surface area contributed by atoms with Crippen LogP contribution in [0, 0.1) is 12.8 Å². The predicted octanol–water partition coefficient (Wildman–Crippen LogP) is 4.51. The third-order valence-electron chi connectivity index (χ3n) is 10.9. The summed E-state index contributed by atoms with van der Waals surface area (Å²) in [6.45, 7) is 4.61. The molecule has 1 spiro atoms. The van der Waals surface area contributed by atoms with Gasteiger partial charge in [0.2, 0.25) is 0 Å². The van der Waals surface area contributed by atoms with E-state index in [-0.39, 0.29) is 23.2 Å². The second kappa shape index (κ2) is 9.14. The van der Waals surface area contributed by atoms with Crippen LogP contribution in [0.3, 0.4) is 0 Å². The van der Waals surface area contributed by atoms with E-state index in [9.17, 15) is 18.0 Å². The van der Waals surface area contributed by atoms with Crippen molar-refractivity contribution in [2.75, 3.05) is 51.8 Å². The molecule has 2 aromatic heterocycles. The molecule has 1 amide bonds. The van der Waals surface area contributed by atoms with Crippen LogP contribution < -0.4 is 14.4 Å². The molecule has 0 radical (unpaired) electrons. The number of carbonyl (C=O) groups is 1. The van der Waals surface area contributed by atoms with E-state index < -0.39 is 11.7 Å². The van der Waals surface area contributed by atoms with E-state index in [0.29, 0.717) is 43.8 Å². The van der Waals surface area contributed by atoms with Crippen LogP contribution in [0.1, 0.15) is 56.5 Å². The number of hydrogen-bond donors (Lipinski definition) is 1. The number of piperazine rings is 1. The van der Waals surface area contributed by atoms with E-state index in [1.807, 2.05) is 13.0 Å². The molecule has 3 aromatic rings. The Morgan fingerprint density at radius 2 is 1.93 bits per heavy atom. The van der Waals surface area contributed by atoms with Crippen LogP contribution in [-0.4, -0.2) is 78.6 Å². The highest BCUT2D eigenvalue weighted by Crippen LogP contribution is 2.67. The molecular formula is C32H34F3N5O3. The number of amides is 1. The Balaban J connectivity index is 1.10. The van der Waals surface area contributed by atoms with Crippen molar-refractivity contribution in [1.29, 1.82) is 0 Å². The molecule has 4 atom stereocenters. The standard InChI is InChI=1S/C32H34F3N5O3/c1-17-20-16-21-22-14-18-4-5-23(42-3)28-25(18)31(21,7-9-38(22)2)29(43-28)27(20)37-26(17)30(41)40-12-10-39(11-13-40)24-15-19(6-8-36-24)32(33,34)35/h4-6,8,15,21-22,29,37H,7,9-14,16H2,1-3H3/t21?,22-,29+,31+/m1/s1. The second-order valence-corrected chi connectivity index (χ2v) is 12.7. The summed E-state index contributed by atoms with van der Waals surface area (Å²) in [5.74, 6) is 2.17. The van der Waals surface area contributed by atoms with E-state index in [4.69, 9.17) is 9.47 Å². The van der Waals surface area contributed by atoms with Gasteiger partial charge in [0.05, 0.1) is 18.4 Å². The fourth-order valence-corrected chi connectivity index (χ4v) is 8.72. The number of aromatic nitrogens is 2. The maximum atomic E-state index is 14.0. The number of alkyl halides is 3. The van der Waals surface area contributed by atoms with Crippen LogP contribution >= 0.6 is 0 Å². The van der Waals surface area contributed by atoms with Gasteiger partial charge in [0.25, 0.3) is 5.91 Å². The van der Waals surface area contributed by atoms with Crippen LogP contribution in [0.15, 0.2) is 30.5 Å². The maximum Gasteiger partial charge on any atom is 0.416 e. The van der Waals surface area contributed by atoms with Gasteiger partial charge in [-0.15, -0.1) is 0 Å². The minimum atomic E-state index is -4.43. The number of likely N-dealkylation sites (tertiary alicyclic amines) is 1. The molecule has 8 nitrogen and oxygen atoms in total. The molecule has 5 aliphatic rings. The number of nitrogens with one attached hydrogen (secondary N) is 1. The molecule has 43 heavy (non-hydrogen) atoms. The summed E-state index contributed by atoms with van der Waals surface area (Å²) in [6.07, 6.45) is -0.622. The molecule has 2 saturated heterocycles. The lowest BCUT2D eigenvalue weighted by Gasteiger charge is -2.57. The van der Waals surface area contributed by atoms with Gasteiger partial charge in [-0.1, -0.05) is 6.07 Å². The van der Waals surface area contributed by atoms with Crippen molar-refractivity contribution in [2.24, 2.45) is 5.92 Å². The zero-order valence-corrected chi connectivity index (χ0v) is 24.4. The summed E-state index contributed by atoms with van der Waals surface area (Å²) in [5, 5.41) is 0. The molecule has 1 aromatic carbocycles. The molecule has 2 fully saturated rings. The van der Waals surface area contributed by atoms with E-state index in [1.54, 1.807) is 16.9 Å². The highest BCUT2D eigenvalue weighted by Gasteiger charge is 2.65. The number of aromatic amines is 1. The number of methoxy groups -OCH3 is 1. The average molecular weight is 594 g/mol. The van der Waals surface area contributed by atoms with Gasteiger partial charge in [-0.05, 0) is 80.6 Å². The first-order valence-corrected chi connectivity index (χ1v) is 15.0. The molecule has 11 heteroatoms. The van der Waals surface area contributed by atoms with Crippen molar-refractivity contribution in [3.63, 3.8) is 0 Å². The van der Waals surface area contributed by atoms with Crippen molar-refractivity contribution in [2.45, 2.75) is 49.9 Å². The largest absolute Gasteiger partial charge is 0.493 e. The lowest BCUT2D eigenvalue weighted by atomic mass is 9.51. The molecule has 8 rings (SSSR count). The summed E-state index contributed by atoms with van der Waals surface area (Å²) < 4.78 is 52.3. The van der Waals surface area contributed by atoms with Gasteiger partial charge in [0.15, 0.2) is 11.5 Å². The Bertz CT molecular complexity index is 1650. The number of hydrogen-bond acceptors (Lipinski definition) is 6. The molecule has 2 aliphatic carbocycles. The summed E-state index contributed by atoms with van der Waals surface area (Å²) in [6, 6.07) is 6.66. The van der Waals surface area contributed by atoms with Crippen molar-refractivity contribution in [3.05, 3.63) is 69.7 Å². The van der Waals surface area contributed by atoms with Crippen molar-refractivity contribution >= 4 is 11.7 Å². The number of likely N-dealkylation sites (N-methyl/N-ethyl adjacent to an activating group) is 1. The quantitative estimate of drug-likeness (QED) is 0.482. The average Bonchev–Trinajstić information content (AvgIpc) is 3.52. The Labute approximate surface area is 247 Å². The normalized spacial score (nSPS) is 27.4. The first-order chi connectivity index (χ1) is 20.6. The highest BCUT2D eigenvalue weighted by atomic mass is 19.4.